The Balaban J connectivity index is 1.51. The van der Waals surface area contributed by atoms with Crippen molar-refractivity contribution in [3.05, 3.63) is 54.1 Å². The number of benzene rings is 2. The third-order valence-electron chi connectivity index (χ3n) is 3.61. The van der Waals surface area contributed by atoms with Gasteiger partial charge in [-0.15, -0.1) is 28.6 Å². The molecule has 0 saturated carbocycles. The van der Waals surface area contributed by atoms with Crippen molar-refractivity contribution in [2.45, 2.75) is 23.1 Å². The lowest BCUT2D eigenvalue weighted by Crippen LogP contribution is -2.12. The van der Waals surface area contributed by atoms with E-state index in [0.29, 0.717) is 18.1 Å². The van der Waals surface area contributed by atoms with Crippen LogP contribution in [0.3, 0.4) is 0 Å². The molecule has 0 aliphatic heterocycles. The Bertz CT molecular complexity index is 879. The monoisotopic (exact) mass is 385 g/mol. The highest BCUT2D eigenvalue weighted by Crippen LogP contribution is 2.25. The largest absolute Gasteiger partial charge is 0.403 e. The highest BCUT2D eigenvalue weighted by molar-refractivity contribution is 7.99. The normalized spacial score (nSPS) is 10.7. The summed E-state index contributed by atoms with van der Waals surface area (Å²) in [4.78, 5) is 14.3. The van der Waals surface area contributed by atoms with Crippen molar-refractivity contribution in [3.63, 3.8) is 0 Å². The van der Waals surface area contributed by atoms with Crippen molar-refractivity contribution >= 4 is 35.4 Å². The number of anilines is 1. The first-order valence-corrected chi connectivity index (χ1v) is 10.3. The standard InChI is InChI=1S/C19H19N3O2S2/c1-13-6-8-15(9-7-13)26-11-10-17(23)20-19-22-21-18(24-19)14-4-3-5-16(12-14)25-2/h3-9,12H,10-11H2,1-2H3,(H,20,22,23). The van der Waals surface area contributed by atoms with Gasteiger partial charge in [0.15, 0.2) is 0 Å². The Labute approximate surface area is 161 Å². The number of hydrogen-bond donors (Lipinski definition) is 1. The fourth-order valence-electron chi connectivity index (χ4n) is 2.22. The number of amides is 1. The van der Waals surface area contributed by atoms with Gasteiger partial charge in [0, 0.05) is 27.5 Å². The van der Waals surface area contributed by atoms with Crippen LogP contribution in [0.1, 0.15) is 12.0 Å². The van der Waals surface area contributed by atoms with Crippen LogP contribution in [-0.2, 0) is 4.79 Å². The predicted molar refractivity (Wildman–Crippen MR) is 107 cm³/mol. The van der Waals surface area contributed by atoms with E-state index in [-0.39, 0.29) is 11.9 Å². The SMILES string of the molecule is CSc1cccc(-c2nnc(NC(=O)CCSc3ccc(C)cc3)o2)c1. The zero-order valence-corrected chi connectivity index (χ0v) is 16.2. The maximum Gasteiger partial charge on any atom is 0.322 e. The molecule has 1 amide bonds. The van der Waals surface area contributed by atoms with Crippen LogP contribution in [0.25, 0.3) is 11.5 Å². The first-order chi connectivity index (χ1) is 12.6. The summed E-state index contributed by atoms with van der Waals surface area (Å²) < 4.78 is 5.55. The van der Waals surface area contributed by atoms with Crippen molar-refractivity contribution in [3.8, 4) is 11.5 Å². The highest BCUT2D eigenvalue weighted by Gasteiger charge is 2.11. The molecule has 0 aliphatic rings. The number of hydrogen-bond acceptors (Lipinski definition) is 6. The topological polar surface area (TPSA) is 68.0 Å². The van der Waals surface area contributed by atoms with Gasteiger partial charge < -0.3 is 4.42 Å². The third-order valence-corrected chi connectivity index (χ3v) is 5.35. The van der Waals surface area contributed by atoms with Crippen molar-refractivity contribution in [2.75, 3.05) is 17.3 Å². The molecule has 1 aromatic heterocycles. The van der Waals surface area contributed by atoms with Gasteiger partial charge in [-0.05, 0) is 43.5 Å². The fraction of sp³-hybridized carbons (Fsp3) is 0.211. The smallest absolute Gasteiger partial charge is 0.322 e. The third kappa shape index (κ3) is 5.12. The molecule has 0 spiro atoms. The minimum atomic E-state index is -0.141. The lowest BCUT2D eigenvalue weighted by atomic mass is 10.2. The molecule has 26 heavy (non-hydrogen) atoms. The average molecular weight is 386 g/mol. The summed E-state index contributed by atoms with van der Waals surface area (Å²) in [6.45, 7) is 2.05. The summed E-state index contributed by atoms with van der Waals surface area (Å²) in [6, 6.07) is 16.2. The molecule has 1 heterocycles. The van der Waals surface area contributed by atoms with Crippen molar-refractivity contribution < 1.29 is 9.21 Å². The molecule has 7 heteroatoms. The Hall–Kier alpha value is -2.25. The average Bonchev–Trinajstić information content (AvgIpc) is 3.12. The minimum absolute atomic E-state index is 0.125. The number of nitrogens with zero attached hydrogens (tertiary/aromatic N) is 2. The summed E-state index contributed by atoms with van der Waals surface area (Å²) in [6.07, 6.45) is 2.38. The van der Waals surface area contributed by atoms with Crippen LogP contribution in [0, 0.1) is 6.92 Å². The van der Waals surface area contributed by atoms with E-state index >= 15 is 0 Å². The second-order valence-electron chi connectivity index (χ2n) is 5.60. The van der Waals surface area contributed by atoms with Crippen LogP contribution < -0.4 is 5.32 Å². The predicted octanol–water partition coefficient (Wildman–Crippen LogP) is 4.89. The van der Waals surface area contributed by atoms with E-state index in [0.717, 1.165) is 15.4 Å². The fourth-order valence-corrected chi connectivity index (χ4v) is 3.54. The number of aryl methyl sites for hydroxylation is 1. The molecular formula is C19H19N3O2S2. The van der Waals surface area contributed by atoms with Crippen molar-refractivity contribution in [1.29, 1.82) is 0 Å². The molecule has 5 nitrogen and oxygen atoms in total. The van der Waals surface area contributed by atoms with Crippen LogP contribution >= 0.6 is 23.5 Å². The van der Waals surface area contributed by atoms with Crippen molar-refractivity contribution in [1.82, 2.24) is 10.2 Å². The number of thioether (sulfide) groups is 2. The molecule has 0 atom stereocenters. The second-order valence-corrected chi connectivity index (χ2v) is 7.65. The Kier molecular flexibility index (Phi) is 6.35. The van der Waals surface area contributed by atoms with Crippen LogP contribution in [0.5, 0.6) is 0 Å². The van der Waals surface area contributed by atoms with E-state index in [1.165, 1.54) is 5.56 Å². The van der Waals surface area contributed by atoms with Gasteiger partial charge in [0.25, 0.3) is 0 Å². The Morgan fingerprint density at radius 1 is 1.12 bits per heavy atom. The number of nitrogens with one attached hydrogen (secondary N) is 1. The quantitative estimate of drug-likeness (QED) is 0.584. The summed E-state index contributed by atoms with van der Waals surface area (Å²) in [5.74, 6) is 0.939. The van der Waals surface area contributed by atoms with Gasteiger partial charge in [0.2, 0.25) is 11.8 Å². The molecular weight excluding hydrogens is 366 g/mol. The van der Waals surface area contributed by atoms with Gasteiger partial charge in [0.1, 0.15) is 0 Å². The Morgan fingerprint density at radius 2 is 1.92 bits per heavy atom. The number of aromatic nitrogens is 2. The van der Waals surface area contributed by atoms with E-state index in [2.05, 4.69) is 46.7 Å². The molecule has 3 aromatic rings. The summed E-state index contributed by atoms with van der Waals surface area (Å²) in [5.41, 5.74) is 2.06. The van der Waals surface area contributed by atoms with E-state index < -0.39 is 0 Å². The first-order valence-electron chi connectivity index (χ1n) is 8.11. The highest BCUT2D eigenvalue weighted by atomic mass is 32.2. The minimum Gasteiger partial charge on any atom is -0.403 e. The molecule has 0 saturated heterocycles. The summed E-state index contributed by atoms with van der Waals surface area (Å²) >= 11 is 3.29. The zero-order chi connectivity index (χ0) is 18.4. The molecule has 3 rings (SSSR count). The molecule has 0 radical (unpaired) electrons. The second kappa shape index (κ2) is 8.91. The Morgan fingerprint density at radius 3 is 2.69 bits per heavy atom. The summed E-state index contributed by atoms with van der Waals surface area (Å²) in [5, 5.41) is 10.6. The molecule has 0 fully saturated rings. The number of carbonyl (C=O) groups is 1. The van der Waals surface area contributed by atoms with Crippen LogP contribution in [-0.4, -0.2) is 28.1 Å². The zero-order valence-electron chi connectivity index (χ0n) is 14.6. The van der Waals surface area contributed by atoms with Gasteiger partial charge in [-0.1, -0.05) is 28.9 Å². The van der Waals surface area contributed by atoms with Gasteiger partial charge in [0.05, 0.1) is 0 Å². The number of carbonyl (C=O) groups excluding carboxylic acids is 1. The van der Waals surface area contributed by atoms with E-state index in [1.54, 1.807) is 23.5 Å². The van der Waals surface area contributed by atoms with E-state index in [4.69, 9.17) is 4.42 Å². The maximum atomic E-state index is 12.0. The van der Waals surface area contributed by atoms with E-state index in [9.17, 15) is 4.79 Å². The van der Waals surface area contributed by atoms with Gasteiger partial charge in [-0.25, -0.2) is 0 Å². The first kappa shape index (κ1) is 18.5. The number of rotatable bonds is 7. The van der Waals surface area contributed by atoms with Gasteiger partial charge in [-0.2, -0.15) is 0 Å². The summed E-state index contributed by atoms with van der Waals surface area (Å²) in [7, 11) is 0. The molecule has 0 unspecified atom stereocenters. The molecule has 1 N–H and O–H groups in total. The molecule has 2 aromatic carbocycles. The molecule has 0 bridgehead atoms. The van der Waals surface area contributed by atoms with Crippen molar-refractivity contribution in [2.24, 2.45) is 0 Å². The molecule has 134 valence electrons. The van der Waals surface area contributed by atoms with Gasteiger partial charge in [-0.3, -0.25) is 10.1 Å². The van der Waals surface area contributed by atoms with Crippen LogP contribution in [0.2, 0.25) is 0 Å². The molecule has 0 aliphatic carbocycles. The van der Waals surface area contributed by atoms with E-state index in [1.807, 2.05) is 30.5 Å². The lowest BCUT2D eigenvalue weighted by Gasteiger charge is -2.02. The van der Waals surface area contributed by atoms with Gasteiger partial charge >= 0.3 is 6.01 Å². The maximum absolute atomic E-state index is 12.0. The van der Waals surface area contributed by atoms with Crippen LogP contribution in [0.4, 0.5) is 6.01 Å². The lowest BCUT2D eigenvalue weighted by molar-refractivity contribution is -0.115. The van der Waals surface area contributed by atoms with Crippen LogP contribution in [0.15, 0.2) is 62.7 Å².